The molecule has 0 N–H and O–H groups in total. The van der Waals surface area contributed by atoms with E-state index in [2.05, 4.69) is 30.3 Å². The van der Waals surface area contributed by atoms with E-state index in [-0.39, 0.29) is 0 Å². The number of hydrogen-bond acceptors (Lipinski definition) is 1. The molecule has 2 bridgehead atoms. The molecule has 2 fully saturated rings. The van der Waals surface area contributed by atoms with Gasteiger partial charge in [-0.1, -0.05) is 30.3 Å². The van der Waals surface area contributed by atoms with Crippen molar-refractivity contribution >= 4 is 5.78 Å². The molecule has 16 heavy (non-hydrogen) atoms. The van der Waals surface area contributed by atoms with Gasteiger partial charge in [-0.3, -0.25) is 4.79 Å². The van der Waals surface area contributed by atoms with Gasteiger partial charge in [0, 0.05) is 12.8 Å². The molecule has 0 heterocycles. The van der Waals surface area contributed by atoms with E-state index in [1.807, 2.05) is 0 Å². The van der Waals surface area contributed by atoms with E-state index in [0.717, 1.165) is 18.8 Å². The molecule has 1 nitrogen and oxygen atoms in total. The normalized spacial score (nSPS) is 33.0. The molecule has 1 aromatic carbocycles. The largest absolute Gasteiger partial charge is 0.300 e. The van der Waals surface area contributed by atoms with Gasteiger partial charge in [0.25, 0.3) is 0 Å². The molecule has 0 radical (unpaired) electrons. The molecule has 0 aliphatic heterocycles. The van der Waals surface area contributed by atoms with E-state index in [1.54, 1.807) is 0 Å². The van der Waals surface area contributed by atoms with Crippen LogP contribution in [0.1, 0.15) is 31.2 Å². The van der Waals surface area contributed by atoms with Gasteiger partial charge in [-0.05, 0) is 42.6 Å². The average molecular weight is 214 g/mol. The fourth-order valence-electron chi connectivity index (χ4n) is 3.64. The van der Waals surface area contributed by atoms with Gasteiger partial charge in [-0.2, -0.15) is 0 Å². The lowest BCUT2D eigenvalue weighted by Gasteiger charge is -2.29. The second kappa shape index (κ2) is 4.04. The molecule has 3 atom stereocenters. The zero-order chi connectivity index (χ0) is 11.0. The molecule has 3 rings (SSSR count). The number of Topliss-reactive ketones (excluding diaryl/α,β-unsaturated/α-hetero) is 1. The summed E-state index contributed by atoms with van der Waals surface area (Å²) < 4.78 is 0. The van der Waals surface area contributed by atoms with Crippen LogP contribution in [-0.2, 0) is 11.2 Å². The fraction of sp³-hybridized carbons (Fsp3) is 0.533. The van der Waals surface area contributed by atoms with Crippen molar-refractivity contribution in [1.82, 2.24) is 0 Å². The van der Waals surface area contributed by atoms with Crippen LogP contribution >= 0.6 is 0 Å². The van der Waals surface area contributed by atoms with Crippen LogP contribution in [0.25, 0.3) is 0 Å². The van der Waals surface area contributed by atoms with Crippen LogP contribution < -0.4 is 0 Å². The third-order valence-electron chi connectivity index (χ3n) is 4.41. The Morgan fingerprint density at radius 2 is 1.62 bits per heavy atom. The molecular formula is C15H18O. The van der Waals surface area contributed by atoms with Crippen molar-refractivity contribution < 1.29 is 4.79 Å². The molecule has 2 aliphatic rings. The van der Waals surface area contributed by atoms with E-state index in [1.165, 1.54) is 24.8 Å². The summed E-state index contributed by atoms with van der Waals surface area (Å²) in [5.74, 6) is 2.66. The number of benzene rings is 1. The van der Waals surface area contributed by atoms with Crippen molar-refractivity contribution in [2.45, 2.75) is 32.1 Å². The monoisotopic (exact) mass is 214 g/mol. The summed E-state index contributed by atoms with van der Waals surface area (Å²) in [5.41, 5.74) is 1.44. The van der Waals surface area contributed by atoms with Gasteiger partial charge >= 0.3 is 0 Å². The molecule has 0 amide bonds. The van der Waals surface area contributed by atoms with Crippen molar-refractivity contribution in [2.24, 2.45) is 17.8 Å². The van der Waals surface area contributed by atoms with Gasteiger partial charge in [0.05, 0.1) is 0 Å². The third-order valence-corrected chi connectivity index (χ3v) is 4.41. The van der Waals surface area contributed by atoms with Crippen molar-refractivity contribution in [1.29, 1.82) is 0 Å². The first kappa shape index (κ1) is 10.1. The highest BCUT2D eigenvalue weighted by Crippen LogP contribution is 2.46. The van der Waals surface area contributed by atoms with Crippen molar-refractivity contribution in [3.05, 3.63) is 35.9 Å². The number of ketones is 1. The van der Waals surface area contributed by atoms with Gasteiger partial charge in [0.2, 0.25) is 0 Å². The lowest BCUT2D eigenvalue weighted by molar-refractivity contribution is -0.123. The first-order valence-electron chi connectivity index (χ1n) is 6.38. The highest BCUT2D eigenvalue weighted by atomic mass is 16.1. The fourth-order valence-corrected chi connectivity index (χ4v) is 3.64. The maximum Gasteiger partial charge on any atom is 0.133 e. The Kier molecular flexibility index (Phi) is 2.55. The molecule has 1 aromatic rings. The summed E-state index contributed by atoms with van der Waals surface area (Å²) >= 11 is 0. The van der Waals surface area contributed by atoms with E-state index in [4.69, 9.17) is 0 Å². The Hall–Kier alpha value is -1.11. The SMILES string of the molecule is O=C1C[C@H]2CC[C@@H](C1)C2Cc1ccccc1. The third kappa shape index (κ3) is 1.79. The Bertz CT molecular complexity index is 366. The van der Waals surface area contributed by atoms with Gasteiger partial charge in [0.1, 0.15) is 5.78 Å². The highest BCUT2D eigenvalue weighted by molar-refractivity contribution is 5.80. The van der Waals surface area contributed by atoms with E-state index in [0.29, 0.717) is 17.6 Å². The average Bonchev–Trinajstić information content (AvgIpc) is 2.54. The molecular weight excluding hydrogens is 196 g/mol. The molecule has 0 aromatic heterocycles. The quantitative estimate of drug-likeness (QED) is 0.738. The number of hydrogen-bond donors (Lipinski definition) is 0. The van der Waals surface area contributed by atoms with E-state index in [9.17, 15) is 4.79 Å². The number of fused-ring (bicyclic) bond motifs is 2. The zero-order valence-corrected chi connectivity index (χ0v) is 9.56. The topological polar surface area (TPSA) is 17.1 Å². The Balaban J connectivity index is 1.75. The zero-order valence-electron chi connectivity index (χ0n) is 9.56. The van der Waals surface area contributed by atoms with Crippen LogP contribution in [0.4, 0.5) is 0 Å². The first-order chi connectivity index (χ1) is 7.83. The van der Waals surface area contributed by atoms with Crippen LogP contribution in [0.2, 0.25) is 0 Å². The summed E-state index contributed by atoms with van der Waals surface area (Å²) in [6.07, 6.45) is 5.47. The molecule has 2 saturated carbocycles. The number of carbonyl (C=O) groups is 1. The van der Waals surface area contributed by atoms with Crippen LogP contribution in [0.15, 0.2) is 30.3 Å². The smallest absolute Gasteiger partial charge is 0.133 e. The molecule has 0 saturated heterocycles. The highest BCUT2D eigenvalue weighted by Gasteiger charge is 2.41. The summed E-state index contributed by atoms with van der Waals surface area (Å²) in [6.45, 7) is 0. The second-order valence-corrected chi connectivity index (χ2v) is 5.40. The lowest BCUT2D eigenvalue weighted by atomic mass is 9.75. The molecule has 1 heteroatoms. The summed E-state index contributed by atoms with van der Waals surface area (Å²) in [6, 6.07) is 10.7. The van der Waals surface area contributed by atoms with E-state index >= 15 is 0 Å². The Morgan fingerprint density at radius 3 is 2.25 bits per heavy atom. The predicted octanol–water partition coefficient (Wildman–Crippen LogP) is 3.23. The van der Waals surface area contributed by atoms with Crippen molar-refractivity contribution in [3.8, 4) is 0 Å². The Morgan fingerprint density at radius 1 is 1.00 bits per heavy atom. The minimum absolute atomic E-state index is 0.511. The molecule has 1 unspecified atom stereocenters. The van der Waals surface area contributed by atoms with Gasteiger partial charge in [0.15, 0.2) is 0 Å². The summed E-state index contributed by atoms with van der Waals surface area (Å²) in [7, 11) is 0. The van der Waals surface area contributed by atoms with Crippen LogP contribution in [0.5, 0.6) is 0 Å². The van der Waals surface area contributed by atoms with Crippen LogP contribution in [0.3, 0.4) is 0 Å². The summed E-state index contributed by atoms with van der Waals surface area (Å²) in [4.78, 5) is 11.5. The molecule has 0 spiro atoms. The summed E-state index contributed by atoms with van der Waals surface area (Å²) in [5, 5.41) is 0. The maximum atomic E-state index is 11.5. The second-order valence-electron chi connectivity index (χ2n) is 5.40. The first-order valence-corrected chi connectivity index (χ1v) is 6.38. The van der Waals surface area contributed by atoms with E-state index < -0.39 is 0 Å². The van der Waals surface area contributed by atoms with Crippen LogP contribution in [-0.4, -0.2) is 5.78 Å². The van der Waals surface area contributed by atoms with Gasteiger partial charge in [-0.25, -0.2) is 0 Å². The lowest BCUT2D eigenvalue weighted by Crippen LogP contribution is -2.27. The Labute approximate surface area is 96.9 Å². The molecule has 84 valence electrons. The minimum atomic E-state index is 0.511. The number of carbonyl (C=O) groups excluding carboxylic acids is 1. The predicted molar refractivity (Wildman–Crippen MR) is 64.1 cm³/mol. The standard InChI is InChI=1S/C15H18O/c16-14-9-12-6-7-13(10-14)15(12)8-11-4-2-1-3-5-11/h1-5,12-13,15H,6-10H2/t12-,13+,15?. The van der Waals surface area contributed by atoms with Gasteiger partial charge in [-0.15, -0.1) is 0 Å². The van der Waals surface area contributed by atoms with Crippen LogP contribution in [0, 0.1) is 17.8 Å². The van der Waals surface area contributed by atoms with Gasteiger partial charge < -0.3 is 0 Å². The minimum Gasteiger partial charge on any atom is -0.300 e. The maximum absolute atomic E-state index is 11.5. The number of rotatable bonds is 2. The van der Waals surface area contributed by atoms with Crippen molar-refractivity contribution in [3.63, 3.8) is 0 Å². The van der Waals surface area contributed by atoms with Crippen molar-refractivity contribution in [2.75, 3.05) is 0 Å². The molecule has 2 aliphatic carbocycles.